The number of fused-ring (bicyclic) bond motifs is 2. The molecule has 0 atom stereocenters. The molecule has 7 heteroatoms. The number of ketones is 1. The number of thioether (sulfide) groups is 1. The van der Waals surface area contributed by atoms with Crippen LogP contribution in [0.15, 0.2) is 41.0 Å². The molecule has 0 unspecified atom stereocenters. The van der Waals surface area contributed by atoms with Crippen molar-refractivity contribution in [3.8, 4) is 0 Å². The van der Waals surface area contributed by atoms with Crippen molar-refractivity contribution in [2.75, 3.05) is 11.1 Å². The molecule has 0 fully saturated rings. The molecule has 0 bridgehead atoms. The van der Waals surface area contributed by atoms with E-state index in [0.717, 1.165) is 26.5 Å². The third kappa shape index (κ3) is 2.92. The second-order valence-electron chi connectivity index (χ2n) is 5.45. The minimum atomic E-state index is 0.0286. The number of Topliss-reactive ketones (excluding diaryl/α,β-unsaturated/α-hetero) is 1. The van der Waals surface area contributed by atoms with Crippen molar-refractivity contribution >= 4 is 50.7 Å². The highest BCUT2D eigenvalue weighted by Crippen LogP contribution is 2.30. The molecule has 1 aliphatic heterocycles. The zero-order chi connectivity index (χ0) is 16.5. The number of thiophene rings is 1. The maximum Gasteiger partial charge on any atom is 0.224 e. The van der Waals surface area contributed by atoms with Crippen LogP contribution in [0.1, 0.15) is 22.3 Å². The summed E-state index contributed by atoms with van der Waals surface area (Å²) in [4.78, 5) is 32.4. The second kappa shape index (κ2) is 6.33. The highest BCUT2D eigenvalue weighted by molar-refractivity contribution is 8.00. The molecule has 2 aromatic heterocycles. The molecule has 0 aliphatic carbocycles. The molecule has 1 aromatic carbocycles. The van der Waals surface area contributed by atoms with Crippen LogP contribution in [0.2, 0.25) is 0 Å². The van der Waals surface area contributed by atoms with Crippen LogP contribution in [-0.4, -0.2) is 27.4 Å². The zero-order valence-electron chi connectivity index (χ0n) is 12.6. The van der Waals surface area contributed by atoms with Gasteiger partial charge in [0, 0.05) is 17.7 Å². The first-order valence-electron chi connectivity index (χ1n) is 7.48. The summed E-state index contributed by atoms with van der Waals surface area (Å²) < 4.78 is 1.02. The Bertz CT molecular complexity index is 952. The normalized spacial score (nSPS) is 13.6. The van der Waals surface area contributed by atoms with Gasteiger partial charge in [-0.25, -0.2) is 9.97 Å². The van der Waals surface area contributed by atoms with Crippen LogP contribution in [0, 0.1) is 0 Å². The predicted octanol–water partition coefficient (Wildman–Crippen LogP) is 3.55. The third-order valence-corrected chi connectivity index (χ3v) is 5.90. The van der Waals surface area contributed by atoms with Crippen LogP contribution in [0.4, 0.5) is 5.69 Å². The monoisotopic (exact) mass is 355 g/mol. The summed E-state index contributed by atoms with van der Waals surface area (Å²) in [6.45, 7) is 0. The molecule has 3 aromatic rings. The van der Waals surface area contributed by atoms with Gasteiger partial charge in [-0.1, -0.05) is 11.8 Å². The molecule has 120 valence electrons. The number of amides is 1. The van der Waals surface area contributed by atoms with Crippen LogP contribution in [-0.2, 0) is 11.2 Å². The summed E-state index contributed by atoms with van der Waals surface area (Å²) in [7, 11) is 0. The van der Waals surface area contributed by atoms with Gasteiger partial charge in [0.15, 0.2) is 5.78 Å². The van der Waals surface area contributed by atoms with Gasteiger partial charge in [-0.05, 0) is 41.6 Å². The maximum absolute atomic E-state index is 12.5. The topological polar surface area (TPSA) is 72.0 Å². The Balaban J connectivity index is 1.50. The average Bonchev–Trinajstić information content (AvgIpc) is 3.08. The van der Waals surface area contributed by atoms with E-state index in [9.17, 15) is 9.59 Å². The van der Waals surface area contributed by atoms with E-state index in [-0.39, 0.29) is 11.7 Å². The molecule has 4 rings (SSSR count). The number of hydrogen-bond donors (Lipinski definition) is 1. The number of anilines is 1. The number of hydrogen-bond acceptors (Lipinski definition) is 6. The zero-order valence-corrected chi connectivity index (χ0v) is 14.2. The number of rotatable bonds is 4. The Hall–Kier alpha value is -2.25. The molecule has 0 spiro atoms. The summed E-state index contributed by atoms with van der Waals surface area (Å²) in [6.07, 6.45) is 2.68. The van der Waals surface area contributed by atoms with E-state index in [0.29, 0.717) is 24.2 Å². The van der Waals surface area contributed by atoms with Gasteiger partial charge in [-0.2, -0.15) is 0 Å². The highest BCUT2D eigenvalue weighted by Gasteiger charge is 2.17. The highest BCUT2D eigenvalue weighted by atomic mass is 32.2. The molecule has 0 radical (unpaired) electrons. The fourth-order valence-electron chi connectivity index (χ4n) is 2.64. The van der Waals surface area contributed by atoms with Crippen LogP contribution >= 0.6 is 23.1 Å². The Kier molecular flexibility index (Phi) is 4.03. The lowest BCUT2D eigenvalue weighted by Crippen LogP contribution is -2.19. The Labute approximate surface area is 146 Å². The molecule has 0 saturated carbocycles. The SMILES string of the molecule is O=C1CCc2cc(C(=O)CSc3ncnc4ccsc34)ccc2N1. The van der Waals surface area contributed by atoms with Gasteiger partial charge in [0.1, 0.15) is 11.4 Å². The van der Waals surface area contributed by atoms with Gasteiger partial charge >= 0.3 is 0 Å². The Morgan fingerprint density at radius 3 is 3.08 bits per heavy atom. The largest absolute Gasteiger partial charge is 0.326 e. The number of nitrogens with one attached hydrogen (secondary N) is 1. The molecule has 1 amide bonds. The number of carbonyl (C=O) groups is 2. The summed E-state index contributed by atoms with van der Waals surface area (Å²) in [5.74, 6) is 0.415. The van der Waals surface area contributed by atoms with Crippen LogP contribution < -0.4 is 5.32 Å². The summed E-state index contributed by atoms with van der Waals surface area (Å²) in [5.41, 5.74) is 3.42. The molecular weight excluding hydrogens is 342 g/mol. The molecule has 3 heterocycles. The van der Waals surface area contributed by atoms with E-state index in [1.165, 1.54) is 18.1 Å². The van der Waals surface area contributed by atoms with Crippen molar-refractivity contribution in [3.05, 3.63) is 47.1 Å². The molecule has 1 N–H and O–H groups in total. The van der Waals surface area contributed by atoms with Gasteiger partial charge in [0.05, 0.1) is 16.0 Å². The standard InChI is InChI=1S/C17H13N3O2S2/c21-14(8-24-17-16-13(5-6-23-16)18-9-19-17)11-1-3-12-10(7-11)2-4-15(22)20-12/h1,3,5-7,9H,2,4,8H2,(H,20,22). The number of benzene rings is 1. The maximum atomic E-state index is 12.5. The van der Waals surface area contributed by atoms with Crippen LogP contribution in [0.3, 0.4) is 0 Å². The Morgan fingerprint density at radius 1 is 1.25 bits per heavy atom. The first-order chi connectivity index (χ1) is 11.7. The van der Waals surface area contributed by atoms with Crippen molar-refractivity contribution in [3.63, 3.8) is 0 Å². The fraction of sp³-hybridized carbons (Fsp3) is 0.176. The fourth-order valence-corrected chi connectivity index (χ4v) is 4.48. The second-order valence-corrected chi connectivity index (χ2v) is 7.33. The van der Waals surface area contributed by atoms with Crippen LogP contribution in [0.25, 0.3) is 10.2 Å². The van der Waals surface area contributed by atoms with Crippen molar-refractivity contribution < 1.29 is 9.59 Å². The molecule has 1 aliphatic rings. The van der Waals surface area contributed by atoms with Crippen molar-refractivity contribution in [2.24, 2.45) is 0 Å². The van der Waals surface area contributed by atoms with Crippen LogP contribution in [0.5, 0.6) is 0 Å². The lowest BCUT2D eigenvalue weighted by atomic mass is 9.99. The molecule has 0 saturated heterocycles. The van der Waals surface area contributed by atoms with E-state index in [2.05, 4.69) is 15.3 Å². The molecule has 24 heavy (non-hydrogen) atoms. The lowest BCUT2D eigenvalue weighted by molar-refractivity contribution is -0.116. The lowest BCUT2D eigenvalue weighted by Gasteiger charge is -2.17. The van der Waals surface area contributed by atoms with E-state index in [1.54, 1.807) is 17.4 Å². The minimum absolute atomic E-state index is 0.0286. The Morgan fingerprint density at radius 2 is 2.17 bits per heavy atom. The number of carbonyl (C=O) groups excluding carboxylic acids is 2. The molecular formula is C17H13N3O2S2. The quantitative estimate of drug-likeness (QED) is 0.440. The minimum Gasteiger partial charge on any atom is -0.326 e. The van der Waals surface area contributed by atoms with Crippen molar-refractivity contribution in [1.29, 1.82) is 0 Å². The first-order valence-corrected chi connectivity index (χ1v) is 9.34. The third-order valence-electron chi connectivity index (χ3n) is 3.87. The summed E-state index contributed by atoms with van der Waals surface area (Å²) in [6, 6.07) is 7.42. The van der Waals surface area contributed by atoms with Crippen molar-refractivity contribution in [1.82, 2.24) is 9.97 Å². The van der Waals surface area contributed by atoms with E-state index < -0.39 is 0 Å². The van der Waals surface area contributed by atoms with Gasteiger partial charge < -0.3 is 5.32 Å². The van der Waals surface area contributed by atoms with E-state index in [1.807, 2.05) is 23.6 Å². The smallest absolute Gasteiger partial charge is 0.224 e. The number of aromatic nitrogens is 2. The predicted molar refractivity (Wildman–Crippen MR) is 95.9 cm³/mol. The van der Waals surface area contributed by atoms with E-state index in [4.69, 9.17) is 0 Å². The van der Waals surface area contributed by atoms with Gasteiger partial charge in [-0.3, -0.25) is 9.59 Å². The first kappa shape index (κ1) is 15.3. The number of nitrogens with zero attached hydrogens (tertiary/aromatic N) is 2. The summed E-state index contributed by atoms with van der Waals surface area (Å²) in [5, 5.41) is 5.65. The average molecular weight is 355 g/mol. The van der Waals surface area contributed by atoms with Gasteiger partial charge in [0.25, 0.3) is 0 Å². The van der Waals surface area contributed by atoms with Gasteiger partial charge in [-0.15, -0.1) is 11.3 Å². The van der Waals surface area contributed by atoms with E-state index >= 15 is 0 Å². The van der Waals surface area contributed by atoms with Crippen molar-refractivity contribution in [2.45, 2.75) is 17.9 Å². The molecule has 5 nitrogen and oxygen atoms in total. The summed E-state index contributed by atoms with van der Waals surface area (Å²) >= 11 is 3.02. The number of aryl methyl sites for hydroxylation is 1. The van der Waals surface area contributed by atoms with Gasteiger partial charge in [0.2, 0.25) is 5.91 Å².